The van der Waals surface area contributed by atoms with Crippen LogP contribution in [0.4, 0.5) is 0 Å². The van der Waals surface area contributed by atoms with Gasteiger partial charge in [-0.25, -0.2) is 0 Å². The molecule has 1 aliphatic heterocycles. The third-order valence-corrected chi connectivity index (χ3v) is 7.34. The van der Waals surface area contributed by atoms with Crippen LogP contribution in [0.25, 0.3) is 0 Å². The Kier molecular flexibility index (Phi) is 5.82. The second-order valence-corrected chi connectivity index (χ2v) is 9.67. The Labute approximate surface area is 188 Å². The molecule has 0 radical (unpaired) electrons. The highest BCUT2D eigenvalue weighted by atomic mass is 32.2. The Balaban J connectivity index is 1.16. The predicted octanol–water partition coefficient (Wildman–Crippen LogP) is 2.94. The number of piperazine rings is 1. The maximum Gasteiger partial charge on any atom is 0.289 e. The molecule has 31 heavy (non-hydrogen) atoms. The summed E-state index contributed by atoms with van der Waals surface area (Å²) in [7, 11) is 0. The molecule has 1 saturated carbocycles. The summed E-state index contributed by atoms with van der Waals surface area (Å²) in [5.74, 6) is 1.59. The van der Waals surface area contributed by atoms with Crippen LogP contribution in [0, 0.1) is 0 Å². The SMILES string of the molecule is O=C(CSc1nnc(Cc2cccs2)n1C1CC1)N1CCN(C(=O)c2ccco2)CC1. The lowest BCUT2D eigenvalue weighted by atomic mass is 10.3. The van der Waals surface area contributed by atoms with Gasteiger partial charge in [0.1, 0.15) is 5.82 Å². The van der Waals surface area contributed by atoms with E-state index in [4.69, 9.17) is 4.42 Å². The first-order chi connectivity index (χ1) is 15.2. The van der Waals surface area contributed by atoms with Crippen LogP contribution in [-0.4, -0.2) is 68.3 Å². The van der Waals surface area contributed by atoms with E-state index in [1.165, 1.54) is 22.9 Å². The molecule has 3 aromatic heterocycles. The van der Waals surface area contributed by atoms with Crippen LogP contribution in [-0.2, 0) is 11.2 Å². The molecule has 0 N–H and O–H groups in total. The van der Waals surface area contributed by atoms with Crippen LogP contribution in [0.1, 0.15) is 40.1 Å². The summed E-state index contributed by atoms with van der Waals surface area (Å²) in [6.07, 6.45) is 4.56. The largest absolute Gasteiger partial charge is 0.459 e. The highest BCUT2D eigenvalue weighted by Crippen LogP contribution is 2.39. The number of carbonyl (C=O) groups excluding carboxylic acids is 2. The summed E-state index contributed by atoms with van der Waals surface area (Å²) < 4.78 is 7.41. The average molecular weight is 458 g/mol. The molecule has 0 aromatic carbocycles. The van der Waals surface area contributed by atoms with Gasteiger partial charge in [0.25, 0.3) is 5.91 Å². The standard InChI is InChI=1S/C21H23N5O3S2/c27-19(24-7-9-25(10-8-24)20(28)17-4-1-11-29-17)14-31-21-23-22-18(26(21)15-5-6-15)13-16-3-2-12-30-16/h1-4,11-12,15H,5-10,13-14H2. The summed E-state index contributed by atoms with van der Waals surface area (Å²) in [5.41, 5.74) is 0. The second-order valence-electron chi connectivity index (χ2n) is 7.70. The number of rotatable bonds is 7. The second kappa shape index (κ2) is 8.88. The van der Waals surface area contributed by atoms with Gasteiger partial charge in [0.15, 0.2) is 10.9 Å². The van der Waals surface area contributed by atoms with Crippen LogP contribution >= 0.6 is 23.1 Å². The van der Waals surface area contributed by atoms with Crippen molar-refractivity contribution in [1.82, 2.24) is 24.6 Å². The lowest BCUT2D eigenvalue weighted by Crippen LogP contribution is -2.51. The monoisotopic (exact) mass is 457 g/mol. The summed E-state index contributed by atoms with van der Waals surface area (Å²) in [6, 6.07) is 7.99. The van der Waals surface area contributed by atoms with Crippen molar-refractivity contribution < 1.29 is 14.0 Å². The third kappa shape index (κ3) is 4.54. The predicted molar refractivity (Wildman–Crippen MR) is 117 cm³/mol. The van der Waals surface area contributed by atoms with Crippen molar-refractivity contribution in [2.75, 3.05) is 31.9 Å². The van der Waals surface area contributed by atoms with Crippen LogP contribution in [0.2, 0.25) is 0 Å². The minimum Gasteiger partial charge on any atom is -0.459 e. The number of aromatic nitrogens is 3. The van der Waals surface area contributed by atoms with Gasteiger partial charge in [-0.05, 0) is 36.4 Å². The summed E-state index contributed by atoms with van der Waals surface area (Å²) in [6.45, 7) is 2.09. The topological polar surface area (TPSA) is 84.5 Å². The highest BCUT2D eigenvalue weighted by Gasteiger charge is 2.31. The van der Waals surface area contributed by atoms with Gasteiger partial charge in [-0.15, -0.1) is 21.5 Å². The zero-order chi connectivity index (χ0) is 21.2. The molecule has 0 spiro atoms. The first-order valence-electron chi connectivity index (χ1n) is 10.4. The molecule has 4 heterocycles. The Morgan fingerprint density at radius 1 is 1.10 bits per heavy atom. The number of hydrogen-bond acceptors (Lipinski definition) is 7. The summed E-state index contributed by atoms with van der Waals surface area (Å²) in [4.78, 5) is 30.0. The average Bonchev–Trinajstić information content (AvgIpc) is 3.19. The van der Waals surface area contributed by atoms with Gasteiger partial charge in [-0.1, -0.05) is 17.8 Å². The van der Waals surface area contributed by atoms with E-state index in [1.807, 2.05) is 11.0 Å². The highest BCUT2D eigenvalue weighted by molar-refractivity contribution is 7.99. The number of nitrogens with zero attached hydrogens (tertiary/aromatic N) is 5. The van der Waals surface area contributed by atoms with Gasteiger partial charge in [0, 0.05) is 43.5 Å². The molecule has 2 fully saturated rings. The molecule has 162 valence electrons. The van der Waals surface area contributed by atoms with E-state index in [2.05, 4.69) is 26.2 Å². The van der Waals surface area contributed by atoms with Gasteiger partial charge < -0.3 is 18.8 Å². The number of furan rings is 1. The minimum absolute atomic E-state index is 0.0697. The lowest BCUT2D eigenvalue weighted by molar-refractivity contribution is -0.129. The van der Waals surface area contributed by atoms with Crippen molar-refractivity contribution in [1.29, 1.82) is 0 Å². The molecule has 0 bridgehead atoms. The molecular formula is C21H23N5O3S2. The first-order valence-corrected chi connectivity index (χ1v) is 12.2. The summed E-state index contributed by atoms with van der Waals surface area (Å²) in [5, 5.41) is 11.7. The van der Waals surface area contributed by atoms with Gasteiger partial charge in [0.2, 0.25) is 5.91 Å². The number of thioether (sulfide) groups is 1. The molecule has 2 amide bonds. The molecule has 8 nitrogen and oxygen atoms in total. The van der Waals surface area contributed by atoms with Crippen molar-refractivity contribution in [3.63, 3.8) is 0 Å². The lowest BCUT2D eigenvalue weighted by Gasteiger charge is -2.34. The molecule has 10 heteroatoms. The van der Waals surface area contributed by atoms with Crippen molar-refractivity contribution in [3.8, 4) is 0 Å². The molecule has 5 rings (SSSR count). The Hall–Kier alpha value is -2.59. The van der Waals surface area contributed by atoms with E-state index < -0.39 is 0 Å². The minimum atomic E-state index is -0.123. The molecule has 3 aromatic rings. The Morgan fingerprint density at radius 2 is 1.90 bits per heavy atom. The van der Waals surface area contributed by atoms with Crippen LogP contribution in [0.3, 0.4) is 0 Å². The molecule has 1 saturated heterocycles. The van der Waals surface area contributed by atoms with E-state index in [0.29, 0.717) is 43.7 Å². The van der Waals surface area contributed by atoms with Crippen molar-refractivity contribution in [2.45, 2.75) is 30.5 Å². The number of amides is 2. The third-order valence-electron chi connectivity index (χ3n) is 5.54. The Bertz CT molecular complexity index is 1040. The molecule has 0 unspecified atom stereocenters. The zero-order valence-corrected chi connectivity index (χ0v) is 18.6. The fourth-order valence-corrected chi connectivity index (χ4v) is 5.36. The maximum atomic E-state index is 12.8. The van der Waals surface area contributed by atoms with Crippen LogP contribution < -0.4 is 0 Å². The number of hydrogen-bond donors (Lipinski definition) is 0. The summed E-state index contributed by atoms with van der Waals surface area (Å²) >= 11 is 3.19. The molecule has 2 aliphatic rings. The van der Waals surface area contributed by atoms with Crippen molar-refractivity contribution in [3.05, 3.63) is 52.4 Å². The zero-order valence-electron chi connectivity index (χ0n) is 17.0. The van der Waals surface area contributed by atoms with Gasteiger partial charge in [0.05, 0.1) is 12.0 Å². The van der Waals surface area contributed by atoms with Gasteiger partial charge >= 0.3 is 0 Å². The van der Waals surface area contributed by atoms with E-state index in [0.717, 1.165) is 30.2 Å². The number of carbonyl (C=O) groups is 2. The fraction of sp³-hybridized carbons (Fsp3) is 0.429. The fourth-order valence-electron chi connectivity index (χ4n) is 3.73. The molecule has 0 atom stereocenters. The van der Waals surface area contributed by atoms with E-state index in [1.54, 1.807) is 28.4 Å². The quantitative estimate of drug-likeness (QED) is 0.507. The smallest absolute Gasteiger partial charge is 0.289 e. The van der Waals surface area contributed by atoms with Crippen LogP contribution in [0.15, 0.2) is 45.5 Å². The van der Waals surface area contributed by atoms with Crippen molar-refractivity contribution >= 4 is 34.9 Å². The van der Waals surface area contributed by atoms with Crippen molar-refractivity contribution in [2.24, 2.45) is 0 Å². The van der Waals surface area contributed by atoms with E-state index in [-0.39, 0.29) is 11.8 Å². The number of thiophene rings is 1. The molecule has 1 aliphatic carbocycles. The van der Waals surface area contributed by atoms with Gasteiger partial charge in [-0.3, -0.25) is 9.59 Å². The maximum absolute atomic E-state index is 12.8. The first kappa shape index (κ1) is 20.3. The normalized spacial score (nSPS) is 16.6. The van der Waals surface area contributed by atoms with E-state index in [9.17, 15) is 9.59 Å². The Morgan fingerprint density at radius 3 is 2.58 bits per heavy atom. The molecular weight excluding hydrogens is 434 g/mol. The van der Waals surface area contributed by atoms with E-state index >= 15 is 0 Å². The van der Waals surface area contributed by atoms with Crippen LogP contribution in [0.5, 0.6) is 0 Å². The van der Waals surface area contributed by atoms with Gasteiger partial charge in [-0.2, -0.15) is 0 Å².